The molecule has 0 unspecified atom stereocenters. The molecule has 180 valence electrons. The van der Waals surface area contributed by atoms with E-state index in [0.717, 1.165) is 54.0 Å². The summed E-state index contributed by atoms with van der Waals surface area (Å²) in [6.07, 6.45) is 18.3. The van der Waals surface area contributed by atoms with E-state index in [2.05, 4.69) is 19.9 Å². The fourth-order valence-electron chi connectivity index (χ4n) is 4.74. The van der Waals surface area contributed by atoms with E-state index in [0.29, 0.717) is 6.42 Å². The third-order valence-electron chi connectivity index (χ3n) is 6.56. The summed E-state index contributed by atoms with van der Waals surface area (Å²) in [5.41, 5.74) is 1.88. The van der Waals surface area contributed by atoms with Gasteiger partial charge in [-0.2, -0.15) is 0 Å². The molecule has 0 saturated carbocycles. The molecule has 0 heterocycles. The van der Waals surface area contributed by atoms with Crippen LogP contribution in [0.3, 0.4) is 0 Å². The number of fused-ring (bicyclic) bond motifs is 1. The Hall–Kier alpha value is 0.246. The van der Waals surface area contributed by atoms with Crippen molar-refractivity contribution < 1.29 is 64.4 Å². The molecule has 0 spiro atoms. The number of hydrogen-bond acceptors (Lipinski definition) is 3. The summed E-state index contributed by atoms with van der Waals surface area (Å²) >= 11 is 0. The largest absolute Gasteiger partial charge is 1.00 e. The van der Waals surface area contributed by atoms with Gasteiger partial charge < -0.3 is 4.55 Å². The molecule has 0 bridgehead atoms. The van der Waals surface area contributed by atoms with Crippen molar-refractivity contribution in [2.45, 2.75) is 121 Å². The predicted octanol–water partition coefficient (Wildman–Crippen LogP) is 5.33. The van der Waals surface area contributed by atoms with Crippen LogP contribution in [0.25, 0.3) is 10.8 Å². The molecular weight excluding hydrogens is 455 g/mol. The monoisotopic (exact) mass is 498 g/mol. The van der Waals surface area contributed by atoms with E-state index in [9.17, 15) is 13.0 Å². The zero-order valence-corrected chi connectivity index (χ0v) is 25.3. The first kappa shape index (κ1) is 31.3. The molecule has 0 aliphatic carbocycles. The Labute approximate surface area is 245 Å². The molecule has 2 aromatic carbocycles. The SMILES string of the molecule is CCCCCCCCCc1c(S(=O)(=O)[O-])cc2ccccc2c1CCCCCCCCC.[K+]. The molecule has 0 fully saturated rings. The summed E-state index contributed by atoms with van der Waals surface area (Å²) in [5.74, 6) is 0. The maximum atomic E-state index is 12.2. The molecule has 0 amide bonds. The van der Waals surface area contributed by atoms with Gasteiger partial charge in [0.25, 0.3) is 0 Å². The van der Waals surface area contributed by atoms with Gasteiger partial charge in [0.1, 0.15) is 10.1 Å². The van der Waals surface area contributed by atoms with Crippen molar-refractivity contribution in [3.63, 3.8) is 0 Å². The number of hydrogen-bond donors (Lipinski definition) is 0. The van der Waals surface area contributed by atoms with Crippen molar-refractivity contribution in [1.82, 2.24) is 0 Å². The van der Waals surface area contributed by atoms with Crippen LogP contribution in [0.2, 0.25) is 0 Å². The van der Waals surface area contributed by atoms with Gasteiger partial charge in [0.2, 0.25) is 0 Å². The van der Waals surface area contributed by atoms with E-state index < -0.39 is 10.1 Å². The fourth-order valence-corrected chi connectivity index (χ4v) is 5.54. The third-order valence-corrected chi connectivity index (χ3v) is 7.47. The van der Waals surface area contributed by atoms with Crippen molar-refractivity contribution >= 4 is 20.9 Å². The Morgan fingerprint density at radius 1 is 0.667 bits per heavy atom. The van der Waals surface area contributed by atoms with Gasteiger partial charge in [-0.25, -0.2) is 8.42 Å². The Morgan fingerprint density at radius 2 is 1.12 bits per heavy atom. The second kappa shape index (κ2) is 17.6. The summed E-state index contributed by atoms with van der Waals surface area (Å²) < 4.78 is 36.5. The van der Waals surface area contributed by atoms with Crippen LogP contribution in [0.15, 0.2) is 35.2 Å². The van der Waals surface area contributed by atoms with Gasteiger partial charge in [0, 0.05) is 0 Å². The van der Waals surface area contributed by atoms with Crippen LogP contribution < -0.4 is 51.4 Å². The Balaban J connectivity index is 0.00000544. The minimum absolute atomic E-state index is 0. The van der Waals surface area contributed by atoms with Crippen molar-refractivity contribution in [1.29, 1.82) is 0 Å². The van der Waals surface area contributed by atoms with Crippen LogP contribution >= 0.6 is 0 Å². The molecular formula is C28H43KO3S. The molecule has 0 aliphatic rings. The number of aryl methyl sites for hydroxylation is 1. The van der Waals surface area contributed by atoms with Gasteiger partial charge >= 0.3 is 51.4 Å². The van der Waals surface area contributed by atoms with E-state index in [1.807, 2.05) is 18.2 Å². The molecule has 0 atom stereocenters. The molecule has 5 heteroatoms. The quantitative estimate of drug-likeness (QED) is 0.168. The van der Waals surface area contributed by atoms with Gasteiger partial charge in [-0.3, -0.25) is 0 Å². The minimum atomic E-state index is -4.50. The molecule has 0 radical (unpaired) electrons. The number of benzene rings is 2. The summed E-state index contributed by atoms with van der Waals surface area (Å²) in [4.78, 5) is 0.0140. The smallest absolute Gasteiger partial charge is 0.744 e. The number of rotatable bonds is 17. The Kier molecular flexibility index (Phi) is 16.7. The summed E-state index contributed by atoms with van der Waals surface area (Å²) in [7, 11) is -4.50. The van der Waals surface area contributed by atoms with Gasteiger partial charge in [0.05, 0.1) is 4.90 Å². The first-order valence-corrected chi connectivity index (χ1v) is 14.4. The van der Waals surface area contributed by atoms with E-state index in [1.165, 1.54) is 64.2 Å². The first-order chi connectivity index (χ1) is 15.5. The minimum Gasteiger partial charge on any atom is -0.744 e. The molecule has 2 aromatic rings. The average molecular weight is 499 g/mol. The topological polar surface area (TPSA) is 57.2 Å². The van der Waals surface area contributed by atoms with Crippen molar-refractivity contribution in [3.8, 4) is 0 Å². The van der Waals surface area contributed by atoms with E-state index in [1.54, 1.807) is 6.07 Å². The van der Waals surface area contributed by atoms with Gasteiger partial charge in [0.15, 0.2) is 0 Å². The molecule has 0 aromatic heterocycles. The average Bonchev–Trinajstić information content (AvgIpc) is 2.77. The van der Waals surface area contributed by atoms with Crippen molar-refractivity contribution in [3.05, 3.63) is 41.5 Å². The van der Waals surface area contributed by atoms with Crippen LogP contribution in [0.1, 0.15) is 115 Å². The van der Waals surface area contributed by atoms with Crippen LogP contribution in [-0.2, 0) is 23.0 Å². The van der Waals surface area contributed by atoms with Crippen LogP contribution in [-0.4, -0.2) is 13.0 Å². The van der Waals surface area contributed by atoms with Crippen molar-refractivity contribution in [2.24, 2.45) is 0 Å². The van der Waals surface area contributed by atoms with Gasteiger partial charge in [-0.15, -0.1) is 0 Å². The molecule has 3 nitrogen and oxygen atoms in total. The summed E-state index contributed by atoms with van der Waals surface area (Å²) in [5, 5.41) is 1.98. The molecule has 0 saturated heterocycles. The standard InChI is InChI=1S/C28H44O3S.K/c1-3-5-7-9-11-13-15-21-26-25-20-18-17-19-24(25)23-28(32(29,30)31)27(26)22-16-14-12-10-8-6-4-2;/h17-20,23H,3-16,21-22H2,1-2H3,(H,29,30,31);/q;+1/p-1. The molecule has 0 aliphatic heterocycles. The zero-order valence-electron chi connectivity index (χ0n) is 21.3. The maximum Gasteiger partial charge on any atom is 1.00 e. The van der Waals surface area contributed by atoms with Gasteiger partial charge in [-0.1, -0.05) is 115 Å². The second-order valence-corrected chi connectivity index (χ2v) is 10.6. The van der Waals surface area contributed by atoms with Crippen LogP contribution in [0, 0.1) is 0 Å². The van der Waals surface area contributed by atoms with Crippen LogP contribution in [0.5, 0.6) is 0 Å². The number of unbranched alkanes of at least 4 members (excludes halogenated alkanes) is 12. The van der Waals surface area contributed by atoms with E-state index in [4.69, 9.17) is 0 Å². The molecule has 0 N–H and O–H groups in total. The fraction of sp³-hybridized carbons (Fsp3) is 0.643. The van der Waals surface area contributed by atoms with E-state index >= 15 is 0 Å². The summed E-state index contributed by atoms with van der Waals surface area (Å²) in [6, 6.07) is 9.55. The van der Waals surface area contributed by atoms with Crippen LogP contribution in [0.4, 0.5) is 0 Å². The Bertz CT molecular complexity index is 909. The first-order valence-electron chi connectivity index (χ1n) is 13.0. The Morgan fingerprint density at radius 3 is 1.64 bits per heavy atom. The van der Waals surface area contributed by atoms with Crippen molar-refractivity contribution in [2.75, 3.05) is 0 Å². The predicted molar refractivity (Wildman–Crippen MR) is 135 cm³/mol. The summed E-state index contributed by atoms with van der Waals surface area (Å²) in [6.45, 7) is 4.45. The molecule has 2 rings (SSSR count). The zero-order chi connectivity index (χ0) is 23.2. The van der Waals surface area contributed by atoms with E-state index in [-0.39, 0.29) is 56.3 Å². The van der Waals surface area contributed by atoms with Gasteiger partial charge in [-0.05, 0) is 53.6 Å². The molecule has 33 heavy (non-hydrogen) atoms. The third kappa shape index (κ3) is 11.2. The maximum absolute atomic E-state index is 12.2. The normalized spacial score (nSPS) is 11.6. The second-order valence-electron chi connectivity index (χ2n) is 9.25.